The highest BCUT2D eigenvalue weighted by molar-refractivity contribution is 7.47. The molecule has 0 radical (unpaired) electrons. The maximum atomic E-state index is 12.1. The van der Waals surface area contributed by atoms with Crippen LogP contribution in [0.5, 0.6) is 5.75 Å². The normalized spacial score (nSPS) is 13.8. The summed E-state index contributed by atoms with van der Waals surface area (Å²) in [5.41, 5.74) is 1.03. The first-order chi connectivity index (χ1) is 18.4. The third-order valence-electron chi connectivity index (χ3n) is 6.59. The van der Waals surface area contributed by atoms with E-state index >= 15 is 0 Å². The smallest absolute Gasteiger partial charge is 0.472 e. The van der Waals surface area contributed by atoms with Gasteiger partial charge in [0, 0.05) is 6.42 Å². The third-order valence-corrected chi connectivity index (χ3v) is 7.57. The van der Waals surface area contributed by atoms with E-state index in [1.165, 1.54) is 77.6 Å². The molecule has 1 aromatic rings. The van der Waals surface area contributed by atoms with Crippen LogP contribution in [0.2, 0.25) is 0 Å². The zero-order valence-corrected chi connectivity index (χ0v) is 25.2. The molecule has 0 aliphatic heterocycles. The second-order valence-corrected chi connectivity index (χ2v) is 11.9. The first-order valence-corrected chi connectivity index (χ1v) is 16.3. The first-order valence-electron chi connectivity index (χ1n) is 14.8. The van der Waals surface area contributed by atoms with Crippen LogP contribution in [-0.4, -0.2) is 44.1 Å². The lowest BCUT2D eigenvalue weighted by atomic mass is 9.95. The van der Waals surface area contributed by atoms with Crippen molar-refractivity contribution >= 4 is 13.6 Å². The zero-order chi connectivity index (χ0) is 27.9. The first kappa shape index (κ1) is 34.8. The van der Waals surface area contributed by atoms with Crippen LogP contribution in [0.4, 0.5) is 0 Å². The van der Waals surface area contributed by atoms with E-state index in [-0.39, 0.29) is 31.3 Å². The van der Waals surface area contributed by atoms with Gasteiger partial charge in [-0.3, -0.25) is 9.05 Å². The number of benzene rings is 1. The third kappa shape index (κ3) is 19.8. The van der Waals surface area contributed by atoms with E-state index in [2.05, 4.69) is 12.2 Å². The predicted octanol–water partition coefficient (Wildman–Crippen LogP) is 7.65. The number of hydrogen-bond donors (Lipinski definition) is 2. The Hall–Kier alpha value is -1.24. The van der Waals surface area contributed by atoms with Gasteiger partial charge < -0.3 is 19.7 Å². The van der Waals surface area contributed by atoms with Gasteiger partial charge >= 0.3 is 7.82 Å². The maximum Gasteiger partial charge on any atom is 0.472 e. The summed E-state index contributed by atoms with van der Waals surface area (Å²) in [5.74, 6) is 0.649. The van der Waals surface area contributed by atoms with E-state index in [1.807, 2.05) is 24.3 Å². The number of Topliss-reactive ketones (excluding diaryl/α,β-unsaturated/α-hetero) is 1. The van der Waals surface area contributed by atoms with E-state index in [9.17, 15) is 14.3 Å². The number of carbonyl (C=O) groups excluding carboxylic acids is 1. The number of hydrogen-bond acceptors (Lipinski definition) is 6. The molecule has 0 spiro atoms. The summed E-state index contributed by atoms with van der Waals surface area (Å²) >= 11 is 0. The lowest BCUT2D eigenvalue weighted by molar-refractivity contribution is -0.118. The second-order valence-electron chi connectivity index (χ2n) is 10.4. The van der Waals surface area contributed by atoms with Gasteiger partial charge in [0.25, 0.3) is 0 Å². The number of carbonyl (C=O) groups is 1. The highest BCUT2D eigenvalue weighted by atomic mass is 31.2. The molecule has 0 aliphatic carbocycles. The Kier molecular flexibility index (Phi) is 20.7. The minimum atomic E-state index is -4.14. The van der Waals surface area contributed by atoms with Crippen molar-refractivity contribution in [2.75, 3.05) is 33.4 Å². The highest BCUT2D eigenvalue weighted by Gasteiger charge is 2.24. The molecule has 0 fully saturated rings. The predicted molar refractivity (Wildman–Crippen MR) is 156 cm³/mol. The second kappa shape index (κ2) is 22.6. The molecule has 0 saturated heterocycles. The molecule has 7 nitrogen and oxygen atoms in total. The molecule has 0 amide bonds. The lowest BCUT2D eigenvalue weighted by Crippen LogP contribution is -2.16. The number of rotatable bonds is 26. The summed E-state index contributed by atoms with van der Waals surface area (Å²) in [7, 11) is -2.33. The maximum absolute atomic E-state index is 12.1. The van der Waals surface area contributed by atoms with Gasteiger partial charge in [-0.25, -0.2) is 4.57 Å². The molecule has 2 unspecified atom stereocenters. The Morgan fingerprint density at radius 1 is 0.868 bits per heavy atom. The topological polar surface area (TPSA) is 94.1 Å². The van der Waals surface area contributed by atoms with Gasteiger partial charge in [0.15, 0.2) is 0 Å². The van der Waals surface area contributed by atoms with Crippen LogP contribution >= 0.6 is 7.82 Å². The number of phosphoric acid groups is 1. The fraction of sp³-hybridized carbons (Fsp3) is 0.767. The Morgan fingerprint density at radius 3 is 2.00 bits per heavy atom. The van der Waals surface area contributed by atoms with Crippen LogP contribution in [0.3, 0.4) is 0 Å². The van der Waals surface area contributed by atoms with Crippen molar-refractivity contribution in [3.05, 3.63) is 29.8 Å². The molecule has 0 heterocycles. The minimum Gasteiger partial charge on any atom is -0.494 e. The molecule has 0 aliphatic rings. The number of phosphoric ester groups is 1. The molecule has 1 rings (SSSR count). The molecule has 1 aromatic carbocycles. The van der Waals surface area contributed by atoms with E-state index < -0.39 is 7.82 Å². The summed E-state index contributed by atoms with van der Waals surface area (Å²) < 4.78 is 28.2. The summed E-state index contributed by atoms with van der Waals surface area (Å²) in [6.07, 6.45) is 17.3. The summed E-state index contributed by atoms with van der Waals surface area (Å²) in [5, 5.41) is 2.95. The van der Waals surface area contributed by atoms with Crippen molar-refractivity contribution < 1.29 is 28.0 Å². The van der Waals surface area contributed by atoms with Crippen molar-refractivity contribution in [1.29, 1.82) is 0 Å². The van der Waals surface area contributed by atoms with Crippen LogP contribution in [0.1, 0.15) is 109 Å². The SMILES string of the molecule is CCCCCCCCCCCCCCOc1ccc(CC(COP(=O)(O)OCCCNC)CC(C)=O)cc1. The van der Waals surface area contributed by atoms with E-state index in [0.717, 1.165) is 24.3 Å². The molecular formula is C30H54NO6P. The van der Waals surface area contributed by atoms with Crippen LogP contribution in [0.25, 0.3) is 0 Å². The van der Waals surface area contributed by atoms with Crippen molar-refractivity contribution in [1.82, 2.24) is 5.32 Å². The van der Waals surface area contributed by atoms with Gasteiger partial charge in [-0.2, -0.15) is 0 Å². The molecule has 0 saturated carbocycles. The average molecular weight is 556 g/mol. The summed E-state index contributed by atoms with van der Waals surface area (Å²) in [6.45, 7) is 5.31. The van der Waals surface area contributed by atoms with Gasteiger partial charge in [0.1, 0.15) is 11.5 Å². The van der Waals surface area contributed by atoms with Crippen molar-refractivity contribution in [2.24, 2.45) is 5.92 Å². The summed E-state index contributed by atoms with van der Waals surface area (Å²) in [4.78, 5) is 21.6. The molecule has 0 bridgehead atoms. The van der Waals surface area contributed by atoms with Gasteiger partial charge in [-0.15, -0.1) is 0 Å². The van der Waals surface area contributed by atoms with Gasteiger partial charge in [0.05, 0.1) is 19.8 Å². The minimum absolute atomic E-state index is 0.0173. The van der Waals surface area contributed by atoms with E-state index in [4.69, 9.17) is 13.8 Å². The number of nitrogens with one attached hydrogen (secondary N) is 1. The van der Waals surface area contributed by atoms with Crippen LogP contribution in [0.15, 0.2) is 24.3 Å². The molecule has 2 atom stereocenters. The monoisotopic (exact) mass is 555 g/mol. The summed E-state index contributed by atoms with van der Waals surface area (Å²) in [6, 6.07) is 7.86. The zero-order valence-electron chi connectivity index (χ0n) is 24.3. The largest absolute Gasteiger partial charge is 0.494 e. The molecule has 2 N–H and O–H groups in total. The van der Waals surface area contributed by atoms with Crippen LogP contribution in [0, 0.1) is 5.92 Å². The Balaban J connectivity index is 2.25. The van der Waals surface area contributed by atoms with Gasteiger partial charge in [-0.05, 0) is 63.4 Å². The van der Waals surface area contributed by atoms with Crippen molar-refractivity contribution in [3.8, 4) is 5.75 Å². The molecule has 220 valence electrons. The molecule has 38 heavy (non-hydrogen) atoms. The molecule has 8 heteroatoms. The fourth-order valence-corrected chi connectivity index (χ4v) is 5.28. The molecular weight excluding hydrogens is 501 g/mol. The fourth-order valence-electron chi connectivity index (χ4n) is 4.45. The number of ketones is 1. The Labute approximate surface area is 232 Å². The van der Waals surface area contributed by atoms with Crippen molar-refractivity contribution in [3.63, 3.8) is 0 Å². The van der Waals surface area contributed by atoms with E-state index in [1.54, 1.807) is 7.05 Å². The lowest BCUT2D eigenvalue weighted by Gasteiger charge is -2.18. The van der Waals surface area contributed by atoms with Gasteiger partial charge in [-0.1, -0.05) is 89.7 Å². The Morgan fingerprint density at radius 2 is 1.45 bits per heavy atom. The molecule has 0 aromatic heterocycles. The Bertz CT molecular complexity index is 758. The number of ether oxygens (including phenoxy) is 1. The average Bonchev–Trinajstić information content (AvgIpc) is 2.88. The number of unbranched alkanes of at least 4 members (excludes halogenated alkanes) is 11. The van der Waals surface area contributed by atoms with Crippen molar-refractivity contribution in [2.45, 2.75) is 110 Å². The van der Waals surface area contributed by atoms with E-state index in [0.29, 0.717) is 19.4 Å². The highest BCUT2D eigenvalue weighted by Crippen LogP contribution is 2.44. The quantitative estimate of drug-likeness (QED) is 0.0896. The van der Waals surface area contributed by atoms with Gasteiger partial charge in [0.2, 0.25) is 0 Å². The van der Waals surface area contributed by atoms with Crippen LogP contribution < -0.4 is 10.1 Å². The standard InChI is InChI=1S/C30H54NO6P/c1-4-5-6-7-8-9-10-11-12-13-14-15-22-35-30-19-17-28(18-20-30)25-29(24-27(2)32)26-37-38(33,34)36-23-16-21-31-3/h17-20,29,31H,4-16,21-26H2,1-3H3,(H,33,34). The van der Waals surface area contributed by atoms with Crippen LogP contribution in [-0.2, 0) is 24.8 Å².